The lowest BCUT2D eigenvalue weighted by Gasteiger charge is -2.41. The van der Waals surface area contributed by atoms with Gasteiger partial charge in [0.05, 0.1) is 12.2 Å². The summed E-state index contributed by atoms with van der Waals surface area (Å²) in [5, 5.41) is 0. The highest BCUT2D eigenvalue weighted by molar-refractivity contribution is 4.89. The third-order valence-corrected chi connectivity index (χ3v) is 5.61. The SMILES string of the molecule is CC(C)C1CCC(CN)(OCC2CCCCC2)CC1. The molecule has 0 aromatic rings. The van der Waals surface area contributed by atoms with Crippen LogP contribution in [-0.2, 0) is 4.74 Å². The van der Waals surface area contributed by atoms with E-state index < -0.39 is 0 Å². The van der Waals surface area contributed by atoms with Crippen LogP contribution in [0.25, 0.3) is 0 Å². The lowest BCUT2D eigenvalue weighted by molar-refractivity contribution is -0.0899. The predicted octanol–water partition coefficient (Wildman–Crippen LogP) is 4.13. The van der Waals surface area contributed by atoms with Crippen LogP contribution < -0.4 is 5.73 Å². The van der Waals surface area contributed by atoms with Crippen molar-refractivity contribution in [1.29, 1.82) is 0 Å². The summed E-state index contributed by atoms with van der Waals surface area (Å²) < 4.78 is 6.36. The Morgan fingerprint density at radius 1 is 1.05 bits per heavy atom. The van der Waals surface area contributed by atoms with Gasteiger partial charge in [-0.25, -0.2) is 0 Å². The van der Waals surface area contributed by atoms with Gasteiger partial charge in [-0.05, 0) is 56.3 Å². The fourth-order valence-corrected chi connectivity index (χ4v) is 3.89. The van der Waals surface area contributed by atoms with Gasteiger partial charge in [-0.1, -0.05) is 33.1 Å². The minimum atomic E-state index is 0.0167. The zero-order valence-electron chi connectivity index (χ0n) is 13.0. The molecular weight excluding hydrogens is 234 g/mol. The molecule has 2 N–H and O–H groups in total. The van der Waals surface area contributed by atoms with Crippen molar-refractivity contribution in [1.82, 2.24) is 0 Å². The Morgan fingerprint density at radius 3 is 2.21 bits per heavy atom. The summed E-state index contributed by atoms with van der Waals surface area (Å²) >= 11 is 0. The maximum Gasteiger partial charge on any atom is 0.0804 e. The Labute approximate surface area is 119 Å². The Balaban J connectivity index is 1.79. The van der Waals surface area contributed by atoms with Crippen LogP contribution in [0.2, 0.25) is 0 Å². The Morgan fingerprint density at radius 2 is 1.68 bits per heavy atom. The van der Waals surface area contributed by atoms with Gasteiger partial charge in [0.2, 0.25) is 0 Å². The average Bonchev–Trinajstić information content (AvgIpc) is 2.46. The van der Waals surface area contributed by atoms with Crippen LogP contribution in [0, 0.1) is 17.8 Å². The molecule has 0 atom stereocenters. The van der Waals surface area contributed by atoms with Crippen LogP contribution in [0.5, 0.6) is 0 Å². The van der Waals surface area contributed by atoms with Gasteiger partial charge in [0, 0.05) is 6.54 Å². The van der Waals surface area contributed by atoms with Crippen molar-refractivity contribution in [3.8, 4) is 0 Å². The highest BCUT2D eigenvalue weighted by Gasteiger charge is 2.36. The molecule has 2 aliphatic carbocycles. The molecule has 0 aromatic heterocycles. The largest absolute Gasteiger partial charge is 0.373 e. The molecule has 19 heavy (non-hydrogen) atoms. The number of nitrogens with two attached hydrogens (primary N) is 1. The van der Waals surface area contributed by atoms with Crippen molar-refractivity contribution < 1.29 is 4.74 Å². The van der Waals surface area contributed by atoms with Gasteiger partial charge < -0.3 is 10.5 Å². The van der Waals surface area contributed by atoms with Crippen molar-refractivity contribution in [3.05, 3.63) is 0 Å². The van der Waals surface area contributed by atoms with E-state index in [0.29, 0.717) is 6.54 Å². The summed E-state index contributed by atoms with van der Waals surface area (Å²) in [4.78, 5) is 0. The highest BCUT2D eigenvalue weighted by atomic mass is 16.5. The van der Waals surface area contributed by atoms with Gasteiger partial charge in [-0.15, -0.1) is 0 Å². The first-order valence-corrected chi connectivity index (χ1v) is 8.49. The smallest absolute Gasteiger partial charge is 0.0804 e. The summed E-state index contributed by atoms with van der Waals surface area (Å²) in [7, 11) is 0. The van der Waals surface area contributed by atoms with E-state index >= 15 is 0 Å². The summed E-state index contributed by atoms with van der Waals surface area (Å²) in [6.07, 6.45) is 11.9. The molecule has 2 nitrogen and oxygen atoms in total. The second-order valence-corrected chi connectivity index (χ2v) is 7.28. The van der Waals surface area contributed by atoms with Gasteiger partial charge >= 0.3 is 0 Å². The highest BCUT2D eigenvalue weighted by Crippen LogP contribution is 2.38. The summed E-state index contributed by atoms with van der Waals surface area (Å²) in [5.74, 6) is 2.51. The molecule has 112 valence electrons. The predicted molar refractivity (Wildman–Crippen MR) is 81.1 cm³/mol. The van der Waals surface area contributed by atoms with Crippen LogP contribution in [0.3, 0.4) is 0 Å². The van der Waals surface area contributed by atoms with E-state index in [1.165, 1.54) is 57.8 Å². The Hall–Kier alpha value is -0.0800. The molecule has 0 aliphatic heterocycles. The van der Waals surface area contributed by atoms with Gasteiger partial charge in [0.1, 0.15) is 0 Å². The molecule has 0 radical (unpaired) electrons. The van der Waals surface area contributed by atoms with Gasteiger partial charge in [-0.3, -0.25) is 0 Å². The summed E-state index contributed by atoms with van der Waals surface area (Å²) in [5.41, 5.74) is 6.07. The number of hydrogen-bond donors (Lipinski definition) is 1. The molecule has 2 heteroatoms. The first kappa shape index (κ1) is 15.3. The van der Waals surface area contributed by atoms with Crippen LogP contribution in [0.15, 0.2) is 0 Å². The number of ether oxygens (including phenoxy) is 1. The van der Waals surface area contributed by atoms with E-state index in [0.717, 1.165) is 24.4 Å². The van der Waals surface area contributed by atoms with Gasteiger partial charge in [0.15, 0.2) is 0 Å². The molecule has 0 bridgehead atoms. The van der Waals surface area contributed by atoms with Crippen molar-refractivity contribution in [2.75, 3.05) is 13.2 Å². The summed E-state index contributed by atoms with van der Waals surface area (Å²) in [6, 6.07) is 0. The molecule has 2 fully saturated rings. The minimum Gasteiger partial charge on any atom is -0.373 e. The normalized spacial score (nSPS) is 33.8. The maximum atomic E-state index is 6.36. The summed E-state index contributed by atoms with van der Waals surface area (Å²) in [6.45, 7) is 6.38. The third-order valence-electron chi connectivity index (χ3n) is 5.61. The second kappa shape index (κ2) is 7.08. The van der Waals surface area contributed by atoms with E-state index in [9.17, 15) is 0 Å². The van der Waals surface area contributed by atoms with E-state index in [4.69, 9.17) is 10.5 Å². The Bertz CT molecular complexity index is 250. The molecule has 2 saturated carbocycles. The van der Waals surface area contributed by atoms with E-state index in [1.54, 1.807) is 0 Å². The topological polar surface area (TPSA) is 35.2 Å². The van der Waals surface area contributed by atoms with E-state index in [2.05, 4.69) is 13.8 Å². The monoisotopic (exact) mass is 267 g/mol. The number of hydrogen-bond acceptors (Lipinski definition) is 2. The van der Waals surface area contributed by atoms with E-state index in [1.807, 2.05) is 0 Å². The lowest BCUT2D eigenvalue weighted by Crippen LogP contribution is -2.45. The fourth-order valence-electron chi connectivity index (χ4n) is 3.89. The van der Waals surface area contributed by atoms with Crippen LogP contribution in [0.4, 0.5) is 0 Å². The van der Waals surface area contributed by atoms with Crippen molar-refractivity contribution in [2.24, 2.45) is 23.5 Å². The first-order valence-electron chi connectivity index (χ1n) is 8.49. The van der Waals surface area contributed by atoms with Crippen molar-refractivity contribution in [2.45, 2.75) is 77.2 Å². The minimum absolute atomic E-state index is 0.0167. The molecule has 0 unspecified atom stereocenters. The van der Waals surface area contributed by atoms with Crippen LogP contribution >= 0.6 is 0 Å². The molecule has 2 aliphatic rings. The van der Waals surface area contributed by atoms with Gasteiger partial charge in [-0.2, -0.15) is 0 Å². The third kappa shape index (κ3) is 4.19. The van der Waals surface area contributed by atoms with Gasteiger partial charge in [0.25, 0.3) is 0 Å². The molecule has 0 spiro atoms. The molecule has 0 amide bonds. The standard InChI is InChI=1S/C17H33NO/c1-14(2)16-8-10-17(13-18,11-9-16)19-12-15-6-4-3-5-7-15/h14-16H,3-13,18H2,1-2H3. The zero-order chi connectivity index (χ0) is 13.7. The maximum absolute atomic E-state index is 6.36. The molecule has 2 rings (SSSR count). The van der Waals surface area contributed by atoms with Crippen molar-refractivity contribution >= 4 is 0 Å². The van der Waals surface area contributed by atoms with Crippen LogP contribution in [0.1, 0.15) is 71.6 Å². The quantitative estimate of drug-likeness (QED) is 0.813. The number of rotatable bonds is 5. The lowest BCUT2D eigenvalue weighted by atomic mass is 9.74. The second-order valence-electron chi connectivity index (χ2n) is 7.28. The average molecular weight is 267 g/mol. The molecular formula is C17H33NO. The van der Waals surface area contributed by atoms with Crippen LogP contribution in [-0.4, -0.2) is 18.8 Å². The molecule has 0 aromatic carbocycles. The first-order chi connectivity index (χ1) is 9.15. The Kier molecular flexibility index (Phi) is 5.70. The van der Waals surface area contributed by atoms with E-state index in [-0.39, 0.29) is 5.60 Å². The zero-order valence-corrected chi connectivity index (χ0v) is 13.0. The van der Waals surface area contributed by atoms with Crippen molar-refractivity contribution in [3.63, 3.8) is 0 Å². The fraction of sp³-hybridized carbons (Fsp3) is 1.00. The molecule has 0 saturated heterocycles. The molecule has 0 heterocycles.